The van der Waals surface area contributed by atoms with E-state index in [0.717, 1.165) is 31.4 Å². The zero-order valence-electron chi connectivity index (χ0n) is 24.8. The summed E-state index contributed by atoms with van der Waals surface area (Å²) >= 11 is 0. The van der Waals surface area contributed by atoms with E-state index in [1.54, 1.807) is 15.9 Å². The van der Waals surface area contributed by atoms with Gasteiger partial charge >= 0.3 is 12.2 Å². The average molecular weight is 648 g/mol. The molecule has 0 aromatic heterocycles. The van der Waals surface area contributed by atoms with Gasteiger partial charge < -0.3 is 19.4 Å². The number of hydrogen-bond acceptors (Lipinski definition) is 5. The molecule has 240 valence electrons. The van der Waals surface area contributed by atoms with Gasteiger partial charge in [-0.05, 0) is 47.4 Å². The van der Waals surface area contributed by atoms with Crippen LogP contribution in [0, 0.1) is 5.82 Å². The highest BCUT2D eigenvalue weighted by Crippen LogP contribution is 2.49. The van der Waals surface area contributed by atoms with Crippen LogP contribution in [-0.2, 0) is 29.7 Å². The molecule has 2 aliphatic rings. The first-order chi connectivity index (χ1) is 21.3. The van der Waals surface area contributed by atoms with Gasteiger partial charge in [-0.1, -0.05) is 54.6 Å². The molecule has 0 spiro atoms. The maximum atomic E-state index is 14.7. The number of carbonyl (C=O) groups excluding carboxylic acids is 2. The van der Waals surface area contributed by atoms with Crippen LogP contribution in [0.3, 0.4) is 0 Å². The van der Waals surface area contributed by atoms with E-state index in [1.165, 1.54) is 60.4 Å². The Hall–Kier alpha value is -3.97. The number of nitrogens with zero attached hydrogens (tertiary/aromatic N) is 3. The topological polar surface area (TPSA) is 87.2 Å². The number of piperazine rings is 1. The van der Waals surface area contributed by atoms with E-state index >= 15 is 0 Å². The van der Waals surface area contributed by atoms with Crippen molar-refractivity contribution < 1.29 is 40.3 Å². The van der Waals surface area contributed by atoms with E-state index < -0.39 is 38.2 Å². The molecular weight excluding hydrogens is 614 g/mol. The van der Waals surface area contributed by atoms with Crippen molar-refractivity contribution in [2.45, 2.75) is 34.8 Å². The molecule has 45 heavy (non-hydrogen) atoms. The van der Waals surface area contributed by atoms with Gasteiger partial charge in [0.15, 0.2) is 9.84 Å². The largest absolute Gasteiger partial charge is 0.425 e. The highest BCUT2D eigenvalue weighted by molar-refractivity contribution is 7.92. The van der Waals surface area contributed by atoms with Crippen LogP contribution in [-0.4, -0.2) is 87.6 Å². The van der Waals surface area contributed by atoms with Gasteiger partial charge in [0.2, 0.25) is 11.5 Å². The third kappa shape index (κ3) is 5.56. The predicted molar refractivity (Wildman–Crippen MR) is 157 cm³/mol. The minimum absolute atomic E-state index is 0.0431. The van der Waals surface area contributed by atoms with Crippen LogP contribution < -0.4 is 0 Å². The van der Waals surface area contributed by atoms with Gasteiger partial charge in [0.1, 0.15) is 10.6 Å². The molecule has 2 atom stereocenters. The fraction of sp³-hybridized carbons (Fsp3) is 0.375. The van der Waals surface area contributed by atoms with Crippen LogP contribution >= 0.6 is 0 Å². The molecule has 2 aliphatic heterocycles. The number of urea groups is 1. The fourth-order valence-electron chi connectivity index (χ4n) is 6.33. The maximum absolute atomic E-state index is 14.7. The molecule has 13 heteroatoms. The minimum atomic E-state index is -4.87. The summed E-state index contributed by atoms with van der Waals surface area (Å²) in [7, 11) is -3.34. The van der Waals surface area contributed by atoms with E-state index in [-0.39, 0.29) is 60.1 Å². The Morgan fingerprint density at radius 3 is 1.87 bits per heavy atom. The molecule has 2 heterocycles. The van der Waals surface area contributed by atoms with Crippen molar-refractivity contribution in [2.24, 2.45) is 0 Å². The summed E-state index contributed by atoms with van der Waals surface area (Å²) in [5.74, 6) is -0.740. The summed E-state index contributed by atoms with van der Waals surface area (Å²) in [6.07, 6.45) is -4.91. The number of amides is 3. The number of methoxy groups -OCH3 is 1. The molecule has 5 rings (SSSR count). The van der Waals surface area contributed by atoms with Crippen LogP contribution in [0.15, 0.2) is 83.8 Å². The summed E-state index contributed by atoms with van der Waals surface area (Å²) in [4.78, 5) is 29.7. The van der Waals surface area contributed by atoms with Crippen LogP contribution in [0.1, 0.15) is 30.0 Å². The third-order valence-corrected chi connectivity index (χ3v) is 11.3. The van der Waals surface area contributed by atoms with Crippen LogP contribution in [0.25, 0.3) is 0 Å². The minimum Gasteiger partial charge on any atom is -0.360 e. The first-order valence-corrected chi connectivity index (χ1v) is 15.8. The molecule has 3 aromatic rings. The smallest absolute Gasteiger partial charge is 0.360 e. The lowest BCUT2D eigenvalue weighted by Crippen LogP contribution is -2.54. The van der Waals surface area contributed by atoms with Crippen LogP contribution in [0.4, 0.5) is 22.4 Å². The van der Waals surface area contributed by atoms with Crippen molar-refractivity contribution in [3.63, 3.8) is 0 Å². The molecule has 3 aromatic carbocycles. The molecule has 0 bridgehead atoms. The van der Waals surface area contributed by atoms with Crippen LogP contribution in [0.5, 0.6) is 0 Å². The molecule has 0 N–H and O–H groups in total. The second kappa shape index (κ2) is 12.1. The zero-order chi connectivity index (χ0) is 32.6. The Kier molecular flexibility index (Phi) is 8.71. The van der Waals surface area contributed by atoms with E-state index in [2.05, 4.69) is 0 Å². The highest BCUT2D eigenvalue weighted by Gasteiger charge is 2.59. The van der Waals surface area contributed by atoms with Gasteiger partial charge in [0.05, 0.1) is 4.90 Å². The Morgan fingerprint density at radius 2 is 1.33 bits per heavy atom. The number of sulfone groups is 1. The lowest BCUT2D eigenvalue weighted by molar-refractivity contribution is -0.258. The predicted octanol–water partition coefficient (Wildman–Crippen LogP) is 4.94. The summed E-state index contributed by atoms with van der Waals surface area (Å²) in [6.45, 7) is 2.47. The summed E-state index contributed by atoms with van der Waals surface area (Å²) in [5.41, 5.74) is -3.04. The highest BCUT2D eigenvalue weighted by atomic mass is 32.2. The number of halogens is 4. The second-order valence-corrected chi connectivity index (χ2v) is 13.5. The van der Waals surface area contributed by atoms with E-state index in [4.69, 9.17) is 4.74 Å². The molecule has 0 radical (unpaired) electrons. The van der Waals surface area contributed by atoms with Crippen molar-refractivity contribution in [1.82, 2.24) is 14.7 Å². The molecule has 2 fully saturated rings. The number of rotatable bonds is 6. The normalized spacial score (nSPS) is 20.6. The molecule has 2 saturated heterocycles. The molecule has 3 amide bonds. The van der Waals surface area contributed by atoms with E-state index in [1.807, 2.05) is 0 Å². The Bertz CT molecular complexity index is 1640. The number of benzene rings is 3. The Labute approximate surface area is 259 Å². The zero-order valence-corrected chi connectivity index (χ0v) is 25.6. The molecule has 0 aliphatic carbocycles. The lowest BCUT2D eigenvalue weighted by Gasteiger charge is -2.37. The van der Waals surface area contributed by atoms with Gasteiger partial charge in [0.25, 0.3) is 0 Å². The fourth-order valence-corrected chi connectivity index (χ4v) is 8.41. The quantitative estimate of drug-likeness (QED) is 0.280. The van der Waals surface area contributed by atoms with Crippen molar-refractivity contribution in [1.29, 1.82) is 0 Å². The first-order valence-electron chi connectivity index (χ1n) is 14.3. The summed E-state index contributed by atoms with van der Waals surface area (Å²) < 4.78 is 90.1. The molecular formula is C32H33F4N3O5S. The molecule has 2 unspecified atom stereocenters. The Balaban J connectivity index is 1.55. The second-order valence-electron chi connectivity index (χ2n) is 11.2. The van der Waals surface area contributed by atoms with Gasteiger partial charge in [-0.25, -0.2) is 17.6 Å². The molecule has 0 saturated carbocycles. The van der Waals surface area contributed by atoms with Crippen molar-refractivity contribution in [2.75, 3.05) is 46.4 Å². The number of hydrogen-bond donors (Lipinski definition) is 0. The third-order valence-electron chi connectivity index (χ3n) is 8.84. The number of ether oxygens (including phenoxy) is 1. The lowest BCUT2D eigenvalue weighted by atomic mass is 9.84. The number of likely N-dealkylation sites (tertiary alicyclic amines) is 1. The average Bonchev–Trinajstić information content (AvgIpc) is 3.49. The summed E-state index contributed by atoms with van der Waals surface area (Å²) in [5, 5.41) is 0. The summed E-state index contributed by atoms with van der Waals surface area (Å²) in [6, 6.07) is 16.1. The number of carbonyl (C=O) groups is 2. The van der Waals surface area contributed by atoms with E-state index in [9.17, 15) is 35.6 Å². The van der Waals surface area contributed by atoms with Crippen molar-refractivity contribution in [3.8, 4) is 0 Å². The van der Waals surface area contributed by atoms with E-state index in [0.29, 0.717) is 13.1 Å². The number of alkyl halides is 3. The van der Waals surface area contributed by atoms with Crippen LogP contribution in [0.2, 0.25) is 0 Å². The molecule has 8 nitrogen and oxygen atoms in total. The maximum Gasteiger partial charge on any atom is 0.425 e. The van der Waals surface area contributed by atoms with Gasteiger partial charge in [-0.3, -0.25) is 4.79 Å². The van der Waals surface area contributed by atoms with Crippen molar-refractivity contribution in [3.05, 3.63) is 101 Å². The van der Waals surface area contributed by atoms with Crippen molar-refractivity contribution >= 4 is 21.8 Å². The Morgan fingerprint density at radius 1 is 0.778 bits per heavy atom. The first kappa shape index (κ1) is 32.4. The monoisotopic (exact) mass is 647 g/mol. The SMILES string of the molecule is COC(c1ccccc1)(c1ccc(C2(S(=O)(=O)c3ccc(F)cc3)CCN(C(=O)N3CCN(C(C)=O)CC3)C2)cc1)C(F)(F)F. The van der Waals surface area contributed by atoms with Gasteiger partial charge in [-0.15, -0.1) is 0 Å². The standard InChI is InChI=1S/C32H33F4N3O5S/c1-23(40)37-18-20-38(21-19-37)29(41)39-17-16-30(22-39,45(42,43)28-14-12-27(33)13-15-28)24-8-10-26(11-9-24)31(44-2,32(34,35)36)25-6-4-3-5-7-25/h3-15H,16-22H2,1-2H3. The van der Waals surface area contributed by atoms with Gasteiger partial charge in [0, 0.05) is 53.3 Å². The van der Waals surface area contributed by atoms with Gasteiger partial charge in [-0.2, -0.15) is 13.2 Å².